The lowest BCUT2D eigenvalue weighted by Gasteiger charge is -2.04. The lowest BCUT2D eigenvalue weighted by Crippen LogP contribution is -2.08. The number of rotatable bonds is 6. The molecule has 112 valence electrons. The number of thiazole rings is 1. The Labute approximate surface area is 128 Å². The van der Waals surface area contributed by atoms with Gasteiger partial charge in [0.1, 0.15) is 0 Å². The van der Waals surface area contributed by atoms with E-state index < -0.39 is 9.84 Å². The fourth-order valence-corrected chi connectivity index (χ4v) is 4.68. The highest BCUT2D eigenvalue weighted by molar-refractivity contribution is 7.89. The molecule has 1 aliphatic rings. The van der Waals surface area contributed by atoms with Crippen molar-refractivity contribution >= 4 is 21.2 Å². The summed E-state index contributed by atoms with van der Waals surface area (Å²) in [4.78, 5) is 4.43. The van der Waals surface area contributed by atoms with Gasteiger partial charge in [0, 0.05) is 11.3 Å². The predicted octanol–water partition coefficient (Wildman–Crippen LogP) is 2.63. The number of nitrogens with zero attached hydrogens (tertiary/aromatic N) is 1. The number of hydrogen-bond donors (Lipinski definition) is 1. The summed E-state index contributed by atoms with van der Waals surface area (Å²) in [5.74, 6) is 0.574. The minimum absolute atomic E-state index is 0.00201. The molecule has 2 aromatic rings. The lowest BCUT2D eigenvalue weighted by atomic mass is 10.2. The van der Waals surface area contributed by atoms with Gasteiger partial charge in [-0.25, -0.2) is 13.4 Å². The Morgan fingerprint density at radius 3 is 2.43 bits per heavy atom. The van der Waals surface area contributed by atoms with Crippen molar-refractivity contribution in [3.05, 3.63) is 51.5 Å². The molecule has 1 heterocycles. The molecular weight excluding hydrogens is 306 g/mol. The Hall–Kier alpha value is -1.24. The molecule has 0 radical (unpaired) electrons. The largest absolute Gasteiger partial charge is 0.392 e. The van der Waals surface area contributed by atoms with Crippen LogP contribution < -0.4 is 0 Å². The van der Waals surface area contributed by atoms with Gasteiger partial charge in [-0.1, -0.05) is 24.3 Å². The first-order valence-electron chi connectivity index (χ1n) is 6.89. The average molecular weight is 323 g/mol. The van der Waals surface area contributed by atoms with Crippen LogP contribution in [0.1, 0.15) is 40.6 Å². The standard InChI is InChI=1S/C15H17NO3S2/c17-7-11-1-3-12(4-2-11)9-21(18,19)10-14-8-20-15(16-14)13-5-6-13/h1-4,8,13,17H,5-7,9-10H2. The Morgan fingerprint density at radius 2 is 1.81 bits per heavy atom. The normalized spacial score (nSPS) is 15.3. The highest BCUT2D eigenvalue weighted by Crippen LogP contribution is 2.41. The summed E-state index contributed by atoms with van der Waals surface area (Å²) < 4.78 is 24.5. The molecule has 0 saturated heterocycles. The quantitative estimate of drug-likeness (QED) is 0.887. The minimum atomic E-state index is -3.22. The maximum Gasteiger partial charge on any atom is 0.160 e. The summed E-state index contributed by atoms with van der Waals surface area (Å²) >= 11 is 1.57. The van der Waals surface area contributed by atoms with Gasteiger partial charge >= 0.3 is 0 Å². The first-order valence-corrected chi connectivity index (χ1v) is 9.59. The molecule has 1 fully saturated rings. The SMILES string of the molecule is O=S(=O)(Cc1ccc(CO)cc1)Cc1csc(C2CC2)n1. The number of aliphatic hydroxyl groups excluding tert-OH is 1. The summed E-state index contributed by atoms with van der Waals surface area (Å²) in [6.45, 7) is -0.0319. The number of aliphatic hydroxyl groups is 1. The summed E-state index contributed by atoms with van der Waals surface area (Å²) in [5, 5.41) is 11.9. The number of benzene rings is 1. The van der Waals surface area contributed by atoms with Crippen molar-refractivity contribution in [2.24, 2.45) is 0 Å². The third kappa shape index (κ3) is 3.90. The second kappa shape index (κ2) is 5.87. The van der Waals surface area contributed by atoms with Crippen molar-refractivity contribution in [2.45, 2.75) is 36.9 Å². The third-order valence-electron chi connectivity index (χ3n) is 3.46. The molecule has 0 aliphatic heterocycles. The monoisotopic (exact) mass is 323 g/mol. The van der Waals surface area contributed by atoms with Gasteiger partial charge in [0.2, 0.25) is 0 Å². The molecule has 21 heavy (non-hydrogen) atoms. The number of hydrogen-bond acceptors (Lipinski definition) is 5. The summed E-state index contributed by atoms with van der Waals surface area (Å²) in [7, 11) is -3.22. The van der Waals surface area contributed by atoms with Crippen LogP contribution in [0.5, 0.6) is 0 Å². The maximum absolute atomic E-state index is 12.2. The van der Waals surface area contributed by atoms with Crippen molar-refractivity contribution in [1.82, 2.24) is 4.98 Å². The summed E-state index contributed by atoms with van der Waals surface area (Å²) in [5.41, 5.74) is 2.18. The lowest BCUT2D eigenvalue weighted by molar-refractivity contribution is 0.282. The van der Waals surface area contributed by atoms with Crippen molar-refractivity contribution in [2.75, 3.05) is 0 Å². The highest BCUT2D eigenvalue weighted by Gasteiger charge is 2.27. The van der Waals surface area contributed by atoms with Gasteiger partial charge in [-0.15, -0.1) is 11.3 Å². The van der Waals surface area contributed by atoms with Crippen LogP contribution in [0.2, 0.25) is 0 Å². The van der Waals surface area contributed by atoms with Gasteiger partial charge in [-0.3, -0.25) is 0 Å². The smallest absolute Gasteiger partial charge is 0.160 e. The molecule has 1 aromatic heterocycles. The van der Waals surface area contributed by atoms with Gasteiger partial charge in [-0.05, 0) is 24.0 Å². The van der Waals surface area contributed by atoms with Crippen LogP contribution in [0.4, 0.5) is 0 Å². The molecule has 0 spiro atoms. The van der Waals surface area contributed by atoms with E-state index in [4.69, 9.17) is 5.11 Å². The van der Waals surface area contributed by atoms with E-state index >= 15 is 0 Å². The van der Waals surface area contributed by atoms with E-state index in [9.17, 15) is 8.42 Å². The predicted molar refractivity (Wildman–Crippen MR) is 82.8 cm³/mol. The van der Waals surface area contributed by atoms with Crippen LogP contribution in [0, 0.1) is 0 Å². The van der Waals surface area contributed by atoms with E-state index in [1.165, 1.54) is 12.8 Å². The van der Waals surface area contributed by atoms with Crippen LogP contribution >= 0.6 is 11.3 Å². The van der Waals surface area contributed by atoms with Crippen LogP contribution in [-0.4, -0.2) is 18.5 Å². The molecule has 4 nitrogen and oxygen atoms in total. The third-order valence-corrected chi connectivity index (χ3v) is 6.02. The molecule has 6 heteroatoms. The zero-order valence-corrected chi connectivity index (χ0v) is 13.2. The Balaban J connectivity index is 1.67. The molecule has 1 N–H and O–H groups in total. The summed E-state index contributed by atoms with van der Waals surface area (Å²) in [6.07, 6.45) is 2.35. The van der Waals surface area contributed by atoms with Crippen molar-refractivity contribution in [3.8, 4) is 0 Å². The van der Waals surface area contributed by atoms with Gasteiger partial charge in [-0.2, -0.15) is 0 Å². The van der Waals surface area contributed by atoms with Crippen molar-refractivity contribution in [3.63, 3.8) is 0 Å². The first kappa shape index (κ1) is 14.7. The Kier molecular flexibility index (Phi) is 4.10. The molecule has 0 unspecified atom stereocenters. The molecule has 1 aromatic carbocycles. The molecule has 0 bridgehead atoms. The molecule has 3 rings (SSSR count). The fraction of sp³-hybridized carbons (Fsp3) is 0.400. The van der Waals surface area contributed by atoms with E-state index in [0.717, 1.165) is 16.1 Å². The Bertz CT molecular complexity index is 716. The molecular formula is C15H17NO3S2. The highest BCUT2D eigenvalue weighted by atomic mass is 32.2. The fourth-order valence-electron chi connectivity index (χ4n) is 2.18. The van der Waals surface area contributed by atoms with Crippen LogP contribution in [0.15, 0.2) is 29.6 Å². The zero-order valence-electron chi connectivity index (χ0n) is 11.5. The van der Waals surface area contributed by atoms with E-state index in [0.29, 0.717) is 11.6 Å². The molecule has 1 aliphatic carbocycles. The first-order chi connectivity index (χ1) is 10.1. The van der Waals surface area contributed by atoms with Gasteiger partial charge in [0.05, 0.1) is 28.8 Å². The maximum atomic E-state index is 12.2. The van der Waals surface area contributed by atoms with Crippen LogP contribution in [0.25, 0.3) is 0 Å². The molecule has 1 saturated carbocycles. The van der Waals surface area contributed by atoms with Gasteiger partial charge in [0.25, 0.3) is 0 Å². The minimum Gasteiger partial charge on any atom is -0.392 e. The zero-order chi connectivity index (χ0) is 14.9. The van der Waals surface area contributed by atoms with Crippen molar-refractivity contribution in [1.29, 1.82) is 0 Å². The topological polar surface area (TPSA) is 67.3 Å². The number of aromatic nitrogens is 1. The number of sulfone groups is 1. The van der Waals surface area contributed by atoms with Gasteiger partial charge < -0.3 is 5.11 Å². The van der Waals surface area contributed by atoms with Crippen molar-refractivity contribution < 1.29 is 13.5 Å². The average Bonchev–Trinajstić information content (AvgIpc) is 3.20. The Morgan fingerprint density at radius 1 is 1.14 bits per heavy atom. The second-order valence-electron chi connectivity index (χ2n) is 5.46. The van der Waals surface area contributed by atoms with E-state index in [-0.39, 0.29) is 18.1 Å². The molecule has 0 atom stereocenters. The van der Waals surface area contributed by atoms with E-state index in [1.54, 1.807) is 35.6 Å². The van der Waals surface area contributed by atoms with Crippen LogP contribution in [0.3, 0.4) is 0 Å². The summed E-state index contributed by atoms with van der Waals surface area (Å²) in [6, 6.07) is 7.00. The van der Waals surface area contributed by atoms with E-state index in [2.05, 4.69) is 4.98 Å². The van der Waals surface area contributed by atoms with Gasteiger partial charge in [0.15, 0.2) is 9.84 Å². The molecule has 0 amide bonds. The second-order valence-corrected chi connectivity index (χ2v) is 8.41. The van der Waals surface area contributed by atoms with Crippen LogP contribution in [-0.2, 0) is 27.9 Å². The van der Waals surface area contributed by atoms with E-state index in [1.807, 2.05) is 5.38 Å².